The fourth-order valence-corrected chi connectivity index (χ4v) is 5.92. The second kappa shape index (κ2) is 38.8. The molecule has 0 radical (unpaired) electrons. The molecule has 0 saturated carbocycles. The van der Waals surface area contributed by atoms with Crippen LogP contribution in [0.25, 0.3) is 0 Å². The first-order valence-electron chi connectivity index (χ1n) is 21.0. The van der Waals surface area contributed by atoms with Crippen LogP contribution in [0.1, 0.15) is 188 Å². The molecule has 0 saturated heterocycles. The Balaban J connectivity index is 4.82. The van der Waals surface area contributed by atoms with E-state index in [1.165, 1.54) is 77.0 Å². The lowest BCUT2D eigenvalue weighted by Gasteiger charge is -2.23. The minimum Gasteiger partial charge on any atom is -0.458 e. The van der Waals surface area contributed by atoms with Crippen molar-refractivity contribution < 1.29 is 24.5 Å². The molecule has 3 N–H and O–H groups in total. The molecule has 51 heavy (non-hydrogen) atoms. The quantitative estimate of drug-likeness (QED) is 0.0341. The second-order valence-electron chi connectivity index (χ2n) is 14.0. The first-order valence-corrected chi connectivity index (χ1v) is 21.0. The highest BCUT2D eigenvalue weighted by molar-refractivity contribution is 5.78. The summed E-state index contributed by atoms with van der Waals surface area (Å²) < 4.78 is 5.76. The number of hydrogen-bond acceptors (Lipinski definition) is 5. The van der Waals surface area contributed by atoms with Crippen molar-refractivity contribution >= 4 is 11.9 Å². The standard InChI is InChI=1S/C45H79NO5/c1-4-7-10-13-16-19-20-21-22-23-26-27-30-33-36-41(51-45(50)38-35-32-29-25-18-15-12-9-6-3)39-44(49)46-42(40-47)43(48)37-34-31-28-24-17-14-11-8-5-2/h7,10,16,19,21-22,26-27,33,36,41-43,47-48H,4-6,8-9,11-15,17-18,20,23-25,28-32,34-35,37-40H2,1-3H3,(H,46,49)/b10-7+,19-16+,22-21+,27-26+,36-33+. The molecular weight excluding hydrogens is 634 g/mol. The molecule has 6 heteroatoms. The highest BCUT2D eigenvalue weighted by atomic mass is 16.5. The molecule has 0 aromatic heterocycles. The summed E-state index contributed by atoms with van der Waals surface area (Å²) in [6.45, 7) is 6.26. The summed E-state index contributed by atoms with van der Waals surface area (Å²) >= 11 is 0. The van der Waals surface area contributed by atoms with Crippen LogP contribution in [0.5, 0.6) is 0 Å². The number of esters is 1. The van der Waals surface area contributed by atoms with E-state index in [4.69, 9.17) is 4.74 Å². The monoisotopic (exact) mass is 714 g/mol. The van der Waals surface area contributed by atoms with Crippen molar-refractivity contribution in [2.75, 3.05) is 6.61 Å². The average Bonchev–Trinajstić information content (AvgIpc) is 3.12. The number of amides is 1. The summed E-state index contributed by atoms with van der Waals surface area (Å²) in [7, 11) is 0. The van der Waals surface area contributed by atoms with Gasteiger partial charge in [0.25, 0.3) is 0 Å². The van der Waals surface area contributed by atoms with Gasteiger partial charge in [0.05, 0.1) is 25.2 Å². The minimum absolute atomic E-state index is 0.0462. The fraction of sp³-hybridized carbons (Fsp3) is 0.733. The van der Waals surface area contributed by atoms with Crippen LogP contribution in [-0.2, 0) is 14.3 Å². The molecule has 1 amide bonds. The zero-order valence-electron chi connectivity index (χ0n) is 33.2. The van der Waals surface area contributed by atoms with Crippen molar-refractivity contribution in [3.8, 4) is 0 Å². The number of carbonyl (C=O) groups is 2. The number of hydrogen-bond donors (Lipinski definition) is 3. The maximum absolute atomic E-state index is 13.0. The number of ether oxygens (including phenoxy) is 1. The third-order valence-electron chi connectivity index (χ3n) is 9.11. The van der Waals surface area contributed by atoms with Gasteiger partial charge in [0, 0.05) is 6.42 Å². The summed E-state index contributed by atoms with van der Waals surface area (Å²) in [4.78, 5) is 25.8. The van der Waals surface area contributed by atoms with E-state index in [0.717, 1.165) is 64.2 Å². The molecule has 0 aliphatic rings. The summed E-state index contributed by atoms with van der Waals surface area (Å²) in [5, 5.41) is 23.4. The van der Waals surface area contributed by atoms with Gasteiger partial charge in [-0.3, -0.25) is 9.59 Å². The van der Waals surface area contributed by atoms with Gasteiger partial charge >= 0.3 is 5.97 Å². The number of aliphatic hydroxyl groups is 2. The highest BCUT2D eigenvalue weighted by Gasteiger charge is 2.23. The predicted octanol–water partition coefficient (Wildman–Crippen LogP) is 11.7. The molecule has 0 aromatic carbocycles. The van der Waals surface area contributed by atoms with Gasteiger partial charge in [-0.15, -0.1) is 0 Å². The number of nitrogens with one attached hydrogen (secondary N) is 1. The molecule has 0 heterocycles. The molecule has 294 valence electrons. The van der Waals surface area contributed by atoms with Crippen LogP contribution in [0, 0.1) is 0 Å². The zero-order chi connectivity index (χ0) is 37.5. The number of unbranched alkanes of at least 4 members (excludes halogenated alkanes) is 16. The van der Waals surface area contributed by atoms with Crippen LogP contribution in [0.4, 0.5) is 0 Å². The van der Waals surface area contributed by atoms with Crippen LogP contribution < -0.4 is 5.32 Å². The summed E-state index contributed by atoms with van der Waals surface area (Å²) in [6, 6.07) is -0.738. The summed E-state index contributed by atoms with van der Waals surface area (Å²) in [6.07, 6.45) is 46.0. The number of rotatable bonds is 36. The van der Waals surface area contributed by atoms with E-state index >= 15 is 0 Å². The lowest BCUT2D eigenvalue weighted by Crippen LogP contribution is -2.46. The zero-order valence-corrected chi connectivity index (χ0v) is 33.2. The lowest BCUT2D eigenvalue weighted by atomic mass is 10.0. The van der Waals surface area contributed by atoms with Gasteiger partial charge in [-0.25, -0.2) is 0 Å². The summed E-state index contributed by atoms with van der Waals surface area (Å²) in [5.74, 6) is -0.637. The molecule has 0 bridgehead atoms. The molecule has 0 spiro atoms. The van der Waals surface area contributed by atoms with E-state index in [1.54, 1.807) is 6.08 Å². The molecular formula is C45H79NO5. The van der Waals surface area contributed by atoms with E-state index in [-0.39, 0.29) is 24.9 Å². The van der Waals surface area contributed by atoms with Crippen LogP contribution in [0.15, 0.2) is 60.8 Å². The molecule has 0 aliphatic carbocycles. The van der Waals surface area contributed by atoms with Gasteiger partial charge in [-0.1, -0.05) is 185 Å². The van der Waals surface area contributed by atoms with Crippen molar-refractivity contribution in [3.63, 3.8) is 0 Å². The Morgan fingerprint density at radius 2 is 1.02 bits per heavy atom. The van der Waals surface area contributed by atoms with Crippen molar-refractivity contribution in [3.05, 3.63) is 60.8 Å². The number of aliphatic hydroxyl groups excluding tert-OH is 2. The van der Waals surface area contributed by atoms with Crippen molar-refractivity contribution in [2.24, 2.45) is 0 Å². The van der Waals surface area contributed by atoms with E-state index in [9.17, 15) is 19.8 Å². The van der Waals surface area contributed by atoms with Gasteiger partial charge in [0.2, 0.25) is 5.91 Å². The molecule has 0 aromatic rings. The van der Waals surface area contributed by atoms with Crippen molar-refractivity contribution in [1.29, 1.82) is 0 Å². The van der Waals surface area contributed by atoms with Gasteiger partial charge in [0.1, 0.15) is 6.10 Å². The summed E-state index contributed by atoms with van der Waals surface area (Å²) in [5.41, 5.74) is 0. The molecule has 0 aliphatic heterocycles. The van der Waals surface area contributed by atoms with Gasteiger partial charge < -0.3 is 20.3 Å². The van der Waals surface area contributed by atoms with Crippen LogP contribution >= 0.6 is 0 Å². The average molecular weight is 714 g/mol. The van der Waals surface area contributed by atoms with Crippen molar-refractivity contribution in [2.45, 2.75) is 206 Å². The van der Waals surface area contributed by atoms with E-state index in [1.807, 2.05) is 6.08 Å². The Hall–Kier alpha value is -2.44. The highest BCUT2D eigenvalue weighted by Crippen LogP contribution is 2.14. The third-order valence-corrected chi connectivity index (χ3v) is 9.11. The minimum atomic E-state index is -0.815. The van der Waals surface area contributed by atoms with Crippen LogP contribution in [-0.4, -0.2) is 46.9 Å². The Kier molecular flexibility index (Phi) is 36.9. The van der Waals surface area contributed by atoms with Gasteiger partial charge in [-0.2, -0.15) is 0 Å². The predicted molar refractivity (Wildman–Crippen MR) is 218 cm³/mol. The second-order valence-corrected chi connectivity index (χ2v) is 14.0. The first-order chi connectivity index (χ1) is 25.0. The Morgan fingerprint density at radius 3 is 1.49 bits per heavy atom. The number of allylic oxidation sites excluding steroid dienone is 9. The Bertz CT molecular complexity index is 937. The molecule has 3 unspecified atom stereocenters. The van der Waals surface area contributed by atoms with Gasteiger partial charge in [-0.05, 0) is 51.0 Å². The topological polar surface area (TPSA) is 95.9 Å². The molecule has 0 rings (SSSR count). The normalized spacial score (nSPS) is 14.1. The fourth-order valence-electron chi connectivity index (χ4n) is 5.92. The van der Waals surface area contributed by atoms with E-state index < -0.39 is 18.2 Å². The smallest absolute Gasteiger partial charge is 0.306 e. The number of carbonyl (C=O) groups excluding carboxylic acids is 2. The molecule has 6 nitrogen and oxygen atoms in total. The Morgan fingerprint density at radius 1 is 0.588 bits per heavy atom. The van der Waals surface area contributed by atoms with E-state index in [2.05, 4.69) is 74.7 Å². The van der Waals surface area contributed by atoms with Crippen LogP contribution in [0.3, 0.4) is 0 Å². The van der Waals surface area contributed by atoms with Crippen molar-refractivity contribution in [1.82, 2.24) is 5.32 Å². The van der Waals surface area contributed by atoms with E-state index in [0.29, 0.717) is 19.3 Å². The third kappa shape index (κ3) is 34.4. The molecule has 3 atom stereocenters. The maximum atomic E-state index is 13.0. The van der Waals surface area contributed by atoms with Crippen LogP contribution in [0.2, 0.25) is 0 Å². The Labute approximate surface area is 314 Å². The maximum Gasteiger partial charge on any atom is 0.306 e. The first kappa shape index (κ1) is 48.6. The largest absolute Gasteiger partial charge is 0.458 e. The van der Waals surface area contributed by atoms with Gasteiger partial charge in [0.15, 0.2) is 0 Å². The SMILES string of the molecule is CC/C=C/C/C=C/C/C=C/C/C=C/C/C=C/C(CC(=O)NC(CO)C(O)CCCCCCCCCCC)OC(=O)CCCCCCCCCCC. The lowest BCUT2D eigenvalue weighted by molar-refractivity contribution is -0.148. The molecule has 0 fully saturated rings.